The number of ether oxygens (including phenoxy) is 2. The lowest BCUT2D eigenvalue weighted by atomic mass is 9.87. The largest absolute Gasteiger partial charge is 0.493 e. The van der Waals surface area contributed by atoms with E-state index in [1.54, 1.807) is 7.11 Å². The van der Waals surface area contributed by atoms with Gasteiger partial charge < -0.3 is 20.1 Å². The van der Waals surface area contributed by atoms with Crippen molar-refractivity contribution in [2.45, 2.75) is 39.5 Å². The van der Waals surface area contributed by atoms with Gasteiger partial charge in [-0.2, -0.15) is 0 Å². The van der Waals surface area contributed by atoms with Crippen LogP contribution in [0.4, 0.5) is 5.69 Å². The zero-order valence-electron chi connectivity index (χ0n) is 16.9. The summed E-state index contributed by atoms with van der Waals surface area (Å²) in [6.07, 6.45) is 0.841. The van der Waals surface area contributed by atoms with Gasteiger partial charge in [-0.25, -0.2) is 0 Å². The maximum Gasteiger partial charge on any atom is 0.170 e. The lowest BCUT2D eigenvalue weighted by Gasteiger charge is -2.19. The van der Waals surface area contributed by atoms with Crippen LogP contribution in [0, 0.1) is 0 Å². The lowest BCUT2D eigenvalue weighted by Crippen LogP contribution is -2.30. The highest BCUT2D eigenvalue weighted by Gasteiger charge is 2.13. The highest BCUT2D eigenvalue weighted by molar-refractivity contribution is 7.80. The minimum Gasteiger partial charge on any atom is -0.493 e. The van der Waals surface area contributed by atoms with Crippen LogP contribution in [0.2, 0.25) is 0 Å². The van der Waals surface area contributed by atoms with Crippen molar-refractivity contribution in [3.05, 3.63) is 53.6 Å². The molecule has 5 heteroatoms. The van der Waals surface area contributed by atoms with Crippen molar-refractivity contribution in [2.75, 3.05) is 25.6 Å². The highest BCUT2D eigenvalue weighted by Crippen LogP contribution is 2.28. The van der Waals surface area contributed by atoms with E-state index < -0.39 is 0 Å². The molecule has 0 atom stereocenters. The standard InChI is InChI=1S/C22H30N2O2S/c1-6-26-19-12-7-16(15-20(19)25-5)13-14-23-21(27)24-18-10-8-17(9-11-18)22(2,3)4/h7-12,15H,6,13-14H2,1-5H3,(H2,23,24,27). The molecule has 0 aliphatic carbocycles. The second-order valence-corrected chi connectivity index (χ2v) is 7.78. The van der Waals surface area contributed by atoms with Gasteiger partial charge in [0.2, 0.25) is 0 Å². The number of anilines is 1. The summed E-state index contributed by atoms with van der Waals surface area (Å²) in [4.78, 5) is 0. The molecule has 2 rings (SSSR count). The maximum absolute atomic E-state index is 5.55. The van der Waals surface area contributed by atoms with Crippen LogP contribution >= 0.6 is 12.2 Å². The van der Waals surface area contributed by atoms with E-state index in [1.807, 2.05) is 19.1 Å². The van der Waals surface area contributed by atoms with E-state index in [-0.39, 0.29) is 5.41 Å². The third-order valence-electron chi connectivity index (χ3n) is 4.24. The van der Waals surface area contributed by atoms with Crippen LogP contribution in [0.15, 0.2) is 42.5 Å². The summed E-state index contributed by atoms with van der Waals surface area (Å²) in [5, 5.41) is 7.10. The molecule has 0 fully saturated rings. The molecule has 0 bridgehead atoms. The Balaban J connectivity index is 1.84. The molecule has 0 saturated carbocycles. The molecular formula is C22H30N2O2S. The first-order chi connectivity index (χ1) is 12.8. The van der Waals surface area contributed by atoms with Gasteiger partial charge in [0, 0.05) is 12.2 Å². The van der Waals surface area contributed by atoms with E-state index in [0.29, 0.717) is 11.7 Å². The van der Waals surface area contributed by atoms with E-state index in [9.17, 15) is 0 Å². The Bertz CT molecular complexity index is 752. The minimum atomic E-state index is 0.149. The summed E-state index contributed by atoms with van der Waals surface area (Å²) in [6, 6.07) is 14.4. The Morgan fingerprint density at radius 1 is 1.04 bits per heavy atom. The van der Waals surface area contributed by atoms with Crippen LogP contribution < -0.4 is 20.1 Å². The molecule has 0 radical (unpaired) electrons. The minimum absolute atomic E-state index is 0.149. The average molecular weight is 387 g/mol. The molecule has 0 unspecified atom stereocenters. The third-order valence-corrected chi connectivity index (χ3v) is 4.48. The Labute approximate surface area is 168 Å². The van der Waals surface area contributed by atoms with E-state index in [2.05, 4.69) is 61.7 Å². The van der Waals surface area contributed by atoms with E-state index in [4.69, 9.17) is 21.7 Å². The molecule has 0 aliphatic rings. The summed E-state index contributed by atoms with van der Waals surface area (Å²) in [5.74, 6) is 1.53. The van der Waals surface area contributed by atoms with Gasteiger partial charge in [-0.3, -0.25) is 0 Å². The summed E-state index contributed by atoms with van der Waals surface area (Å²) >= 11 is 5.39. The number of rotatable bonds is 7. The van der Waals surface area contributed by atoms with Gasteiger partial charge in [-0.05, 0) is 66.4 Å². The van der Waals surface area contributed by atoms with Gasteiger partial charge in [0.05, 0.1) is 13.7 Å². The average Bonchev–Trinajstić information content (AvgIpc) is 2.62. The molecule has 0 spiro atoms. The molecule has 2 aromatic rings. The van der Waals surface area contributed by atoms with Crippen molar-refractivity contribution in [1.29, 1.82) is 0 Å². The smallest absolute Gasteiger partial charge is 0.170 e. The number of methoxy groups -OCH3 is 1. The Kier molecular flexibility index (Phi) is 7.48. The highest BCUT2D eigenvalue weighted by atomic mass is 32.1. The van der Waals surface area contributed by atoms with Gasteiger partial charge in [0.25, 0.3) is 0 Å². The zero-order valence-corrected chi connectivity index (χ0v) is 17.7. The summed E-state index contributed by atoms with van der Waals surface area (Å²) < 4.78 is 10.9. The van der Waals surface area contributed by atoms with Gasteiger partial charge in [0.15, 0.2) is 16.6 Å². The number of nitrogens with one attached hydrogen (secondary N) is 2. The van der Waals surface area contributed by atoms with Gasteiger partial charge >= 0.3 is 0 Å². The third kappa shape index (κ3) is 6.43. The number of hydrogen-bond acceptors (Lipinski definition) is 3. The lowest BCUT2D eigenvalue weighted by molar-refractivity contribution is 0.310. The fourth-order valence-electron chi connectivity index (χ4n) is 2.69. The Morgan fingerprint density at radius 2 is 1.74 bits per heavy atom. The topological polar surface area (TPSA) is 42.5 Å². The first kappa shape index (κ1) is 21.0. The van der Waals surface area contributed by atoms with Crippen molar-refractivity contribution < 1.29 is 9.47 Å². The number of thiocarbonyl (C=S) groups is 1. The molecule has 2 aromatic carbocycles. The molecule has 4 nitrogen and oxygen atoms in total. The predicted octanol–water partition coefficient (Wildman–Crippen LogP) is 4.92. The van der Waals surface area contributed by atoms with Crippen LogP contribution in [0.25, 0.3) is 0 Å². The summed E-state index contributed by atoms with van der Waals surface area (Å²) in [6.45, 7) is 9.94. The maximum atomic E-state index is 5.55. The predicted molar refractivity (Wildman–Crippen MR) is 117 cm³/mol. The van der Waals surface area contributed by atoms with Crippen LogP contribution in [0.3, 0.4) is 0 Å². The Morgan fingerprint density at radius 3 is 2.33 bits per heavy atom. The molecule has 0 aromatic heterocycles. The molecule has 0 aliphatic heterocycles. The van der Waals surface area contributed by atoms with Crippen molar-refractivity contribution >= 4 is 23.0 Å². The Hall–Kier alpha value is -2.27. The monoisotopic (exact) mass is 386 g/mol. The zero-order chi connectivity index (χ0) is 19.9. The van der Waals surface area contributed by atoms with Crippen LogP contribution in [0.5, 0.6) is 11.5 Å². The summed E-state index contributed by atoms with van der Waals surface area (Å²) in [5.41, 5.74) is 3.61. The van der Waals surface area contributed by atoms with Gasteiger partial charge in [-0.15, -0.1) is 0 Å². The SMILES string of the molecule is CCOc1ccc(CCNC(=S)Nc2ccc(C(C)(C)C)cc2)cc1OC. The van der Waals surface area contributed by atoms with Crippen LogP contribution in [-0.4, -0.2) is 25.4 Å². The molecule has 2 N–H and O–H groups in total. The van der Waals surface area contributed by atoms with Crippen molar-refractivity contribution in [3.63, 3.8) is 0 Å². The molecule has 0 amide bonds. The second kappa shape index (κ2) is 9.60. The molecular weight excluding hydrogens is 356 g/mol. The summed E-state index contributed by atoms with van der Waals surface area (Å²) in [7, 11) is 1.66. The first-order valence-electron chi connectivity index (χ1n) is 9.28. The second-order valence-electron chi connectivity index (χ2n) is 7.38. The van der Waals surface area contributed by atoms with Crippen molar-refractivity contribution in [2.24, 2.45) is 0 Å². The van der Waals surface area contributed by atoms with Crippen molar-refractivity contribution in [1.82, 2.24) is 5.32 Å². The van der Waals surface area contributed by atoms with E-state index in [1.165, 1.54) is 11.1 Å². The number of hydrogen-bond donors (Lipinski definition) is 2. The fourth-order valence-corrected chi connectivity index (χ4v) is 2.91. The quantitative estimate of drug-likeness (QED) is 0.661. The van der Waals surface area contributed by atoms with Gasteiger partial charge in [0.1, 0.15) is 0 Å². The van der Waals surface area contributed by atoms with E-state index in [0.717, 1.165) is 30.2 Å². The molecule has 27 heavy (non-hydrogen) atoms. The van der Waals surface area contributed by atoms with Crippen LogP contribution in [0.1, 0.15) is 38.8 Å². The number of benzene rings is 2. The van der Waals surface area contributed by atoms with E-state index >= 15 is 0 Å². The first-order valence-corrected chi connectivity index (χ1v) is 9.69. The van der Waals surface area contributed by atoms with Crippen LogP contribution in [-0.2, 0) is 11.8 Å². The molecule has 0 heterocycles. The molecule has 146 valence electrons. The molecule has 0 saturated heterocycles. The van der Waals surface area contributed by atoms with Gasteiger partial charge in [-0.1, -0.05) is 39.0 Å². The normalized spacial score (nSPS) is 11.0. The fraction of sp³-hybridized carbons (Fsp3) is 0.409. The van der Waals surface area contributed by atoms with Crippen molar-refractivity contribution in [3.8, 4) is 11.5 Å².